The van der Waals surface area contributed by atoms with Crippen LogP contribution in [0.1, 0.15) is 25.3 Å². The Balaban J connectivity index is 3.02. The van der Waals surface area contributed by atoms with Gasteiger partial charge in [-0.1, -0.05) is 19.4 Å². The number of methoxy groups -OCH3 is 1. The molecule has 0 spiro atoms. The normalized spacial score (nSPS) is 13.9. The first-order chi connectivity index (χ1) is 8.99. The molecule has 1 rings (SSSR count). The van der Waals surface area contributed by atoms with Gasteiger partial charge >= 0.3 is 5.97 Å². The van der Waals surface area contributed by atoms with E-state index < -0.39 is 17.2 Å². The van der Waals surface area contributed by atoms with Gasteiger partial charge in [0.1, 0.15) is 0 Å². The van der Waals surface area contributed by atoms with Gasteiger partial charge in [-0.15, -0.1) is 0 Å². The summed E-state index contributed by atoms with van der Waals surface area (Å²) in [5, 5.41) is 9.39. The fourth-order valence-electron chi connectivity index (χ4n) is 2.22. The summed E-state index contributed by atoms with van der Waals surface area (Å²) in [6, 6.07) is 4.48. The first-order valence-electron chi connectivity index (χ1n) is 6.25. The third-order valence-corrected chi connectivity index (χ3v) is 3.33. The Kier molecular flexibility index (Phi) is 5.30. The fourth-order valence-corrected chi connectivity index (χ4v) is 2.22. The highest BCUT2D eigenvalue weighted by molar-refractivity contribution is 5.75. The van der Waals surface area contributed by atoms with Gasteiger partial charge in [0, 0.05) is 6.54 Å². The Hall–Kier alpha value is -1.62. The number of carbonyl (C=O) groups is 1. The molecule has 0 aliphatic rings. The van der Waals surface area contributed by atoms with Crippen molar-refractivity contribution in [1.82, 2.24) is 0 Å². The number of carboxylic acids is 1. The van der Waals surface area contributed by atoms with E-state index in [-0.39, 0.29) is 18.7 Å². The molecule has 1 unspecified atom stereocenters. The van der Waals surface area contributed by atoms with Crippen LogP contribution < -0.4 is 10.5 Å². The number of hydrogen-bond donors (Lipinski definition) is 2. The maximum atomic E-state index is 13.6. The van der Waals surface area contributed by atoms with Crippen molar-refractivity contribution in [3.8, 4) is 5.75 Å². The molecule has 0 radical (unpaired) electrons. The van der Waals surface area contributed by atoms with Crippen LogP contribution in [0, 0.1) is 11.2 Å². The molecule has 3 N–H and O–H groups in total. The van der Waals surface area contributed by atoms with Crippen molar-refractivity contribution >= 4 is 5.97 Å². The molecule has 0 fully saturated rings. The van der Waals surface area contributed by atoms with E-state index in [1.54, 1.807) is 6.07 Å². The highest BCUT2D eigenvalue weighted by Crippen LogP contribution is 2.29. The minimum Gasteiger partial charge on any atom is -0.494 e. The van der Waals surface area contributed by atoms with Crippen molar-refractivity contribution in [3.05, 3.63) is 29.6 Å². The lowest BCUT2D eigenvalue weighted by atomic mass is 9.78. The maximum absolute atomic E-state index is 13.6. The van der Waals surface area contributed by atoms with E-state index >= 15 is 0 Å². The molecule has 0 heterocycles. The zero-order valence-corrected chi connectivity index (χ0v) is 11.3. The first-order valence-corrected chi connectivity index (χ1v) is 6.25. The van der Waals surface area contributed by atoms with E-state index in [2.05, 4.69) is 0 Å². The molecular weight excluding hydrogens is 249 g/mol. The zero-order chi connectivity index (χ0) is 14.5. The number of nitrogens with two attached hydrogens (primary N) is 1. The molecule has 4 nitrogen and oxygen atoms in total. The Morgan fingerprint density at radius 2 is 2.21 bits per heavy atom. The first kappa shape index (κ1) is 15.4. The summed E-state index contributed by atoms with van der Waals surface area (Å²) in [5.74, 6) is -1.28. The molecular formula is C14H20FNO3. The topological polar surface area (TPSA) is 72.5 Å². The van der Waals surface area contributed by atoms with Gasteiger partial charge in [-0.05, 0) is 30.5 Å². The predicted octanol–water partition coefficient (Wildman–Crippen LogP) is 2.21. The van der Waals surface area contributed by atoms with Crippen molar-refractivity contribution < 1.29 is 19.0 Å². The van der Waals surface area contributed by atoms with Gasteiger partial charge in [-0.2, -0.15) is 0 Å². The van der Waals surface area contributed by atoms with Crippen molar-refractivity contribution in [2.24, 2.45) is 11.1 Å². The van der Waals surface area contributed by atoms with Gasteiger partial charge in [0.15, 0.2) is 11.6 Å². The molecule has 0 aromatic heterocycles. The van der Waals surface area contributed by atoms with E-state index in [1.807, 2.05) is 6.92 Å². The Morgan fingerprint density at radius 3 is 2.63 bits per heavy atom. The molecule has 1 atom stereocenters. The summed E-state index contributed by atoms with van der Waals surface area (Å²) in [7, 11) is 1.39. The van der Waals surface area contributed by atoms with Crippen LogP contribution in [0.15, 0.2) is 18.2 Å². The van der Waals surface area contributed by atoms with Crippen LogP contribution in [0.4, 0.5) is 4.39 Å². The minimum atomic E-state index is -1.03. The van der Waals surface area contributed by atoms with Gasteiger partial charge in [-0.3, -0.25) is 4.79 Å². The summed E-state index contributed by atoms with van der Waals surface area (Å²) < 4.78 is 18.4. The Bertz CT molecular complexity index is 450. The Morgan fingerprint density at radius 1 is 1.53 bits per heavy atom. The van der Waals surface area contributed by atoms with Crippen LogP contribution in [0.3, 0.4) is 0 Å². The highest BCUT2D eigenvalue weighted by atomic mass is 19.1. The van der Waals surface area contributed by atoms with Gasteiger partial charge < -0.3 is 15.6 Å². The van der Waals surface area contributed by atoms with Gasteiger partial charge in [-0.25, -0.2) is 4.39 Å². The molecule has 106 valence electrons. The number of carboxylic acid groups (broad SMARTS) is 1. The van der Waals surface area contributed by atoms with Crippen LogP contribution in [-0.2, 0) is 11.2 Å². The maximum Gasteiger partial charge on any atom is 0.311 e. The molecule has 0 saturated heterocycles. The molecule has 0 bridgehead atoms. The van der Waals surface area contributed by atoms with Crippen LogP contribution in [-0.4, -0.2) is 24.7 Å². The van der Waals surface area contributed by atoms with Gasteiger partial charge in [0.2, 0.25) is 0 Å². The van der Waals surface area contributed by atoms with Crippen LogP contribution in [0.25, 0.3) is 0 Å². The SMILES string of the molecule is CCCC(CN)(Cc1ccc(OC)c(F)c1)C(=O)O. The zero-order valence-electron chi connectivity index (χ0n) is 11.3. The number of hydrogen-bond acceptors (Lipinski definition) is 3. The summed E-state index contributed by atoms with van der Waals surface area (Å²) in [6.07, 6.45) is 1.39. The molecule has 19 heavy (non-hydrogen) atoms. The van der Waals surface area contributed by atoms with Crippen molar-refractivity contribution in [2.75, 3.05) is 13.7 Å². The van der Waals surface area contributed by atoms with Crippen LogP contribution >= 0.6 is 0 Å². The number of halogens is 1. The van der Waals surface area contributed by atoms with Gasteiger partial charge in [0.25, 0.3) is 0 Å². The monoisotopic (exact) mass is 269 g/mol. The summed E-state index contributed by atoms with van der Waals surface area (Å²) >= 11 is 0. The lowest BCUT2D eigenvalue weighted by Crippen LogP contribution is -2.40. The molecule has 0 amide bonds. The van der Waals surface area contributed by atoms with Gasteiger partial charge in [0.05, 0.1) is 12.5 Å². The van der Waals surface area contributed by atoms with E-state index in [0.29, 0.717) is 18.4 Å². The molecule has 0 aliphatic carbocycles. The summed E-state index contributed by atoms with van der Waals surface area (Å²) in [5.41, 5.74) is 5.22. The van der Waals surface area contributed by atoms with E-state index in [9.17, 15) is 14.3 Å². The molecule has 5 heteroatoms. The predicted molar refractivity (Wildman–Crippen MR) is 70.7 cm³/mol. The number of aliphatic carboxylic acids is 1. The molecule has 1 aromatic carbocycles. The standard InChI is InChI=1S/C14H20FNO3/c1-3-6-14(9-16,13(17)18)8-10-4-5-12(19-2)11(15)7-10/h4-5,7H,3,6,8-9,16H2,1-2H3,(H,17,18). The van der Waals surface area contributed by atoms with Crippen molar-refractivity contribution in [3.63, 3.8) is 0 Å². The third-order valence-electron chi connectivity index (χ3n) is 3.33. The quantitative estimate of drug-likeness (QED) is 0.796. The second-order valence-electron chi connectivity index (χ2n) is 4.69. The third kappa shape index (κ3) is 3.44. The molecule has 0 aliphatic heterocycles. The average Bonchev–Trinajstić information content (AvgIpc) is 2.38. The summed E-state index contributed by atoms with van der Waals surface area (Å²) in [6.45, 7) is 1.94. The Labute approximate surface area is 112 Å². The number of benzene rings is 1. The smallest absolute Gasteiger partial charge is 0.311 e. The van der Waals surface area contributed by atoms with Crippen LogP contribution in [0.2, 0.25) is 0 Å². The van der Waals surface area contributed by atoms with E-state index in [4.69, 9.17) is 10.5 Å². The van der Waals surface area contributed by atoms with E-state index in [1.165, 1.54) is 19.2 Å². The lowest BCUT2D eigenvalue weighted by molar-refractivity contribution is -0.148. The summed E-state index contributed by atoms with van der Waals surface area (Å²) in [4.78, 5) is 11.5. The highest BCUT2D eigenvalue weighted by Gasteiger charge is 2.36. The van der Waals surface area contributed by atoms with Crippen molar-refractivity contribution in [1.29, 1.82) is 0 Å². The second-order valence-corrected chi connectivity index (χ2v) is 4.69. The number of rotatable bonds is 7. The average molecular weight is 269 g/mol. The molecule has 0 saturated carbocycles. The minimum absolute atomic E-state index is 0.0316. The largest absolute Gasteiger partial charge is 0.494 e. The second kappa shape index (κ2) is 6.52. The molecule has 1 aromatic rings. The van der Waals surface area contributed by atoms with E-state index in [0.717, 1.165) is 0 Å². The number of ether oxygens (including phenoxy) is 1. The van der Waals surface area contributed by atoms with Crippen LogP contribution in [0.5, 0.6) is 5.75 Å². The fraction of sp³-hybridized carbons (Fsp3) is 0.500. The lowest BCUT2D eigenvalue weighted by Gasteiger charge is -2.27. The van der Waals surface area contributed by atoms with Crippen molar-refractivity contribution in [2.45, 2.75) is 26.2 Å².